The molecule has 0 radical (unpaired) electrons. The van der Waals surface area contributed by atoms with Crippen LogP contribution in [0.1, 0.15) is 35.7 Å². The lowest BCUT2D eigenvalue weighted by Gasteiger charge is -2.11. The van der Waals surface area contributed by atoms with Crippen molar-refractivity contribution in [1.29, 1.82) is 0 Å². The van der Waals surface area contributed by atoms with Gasteiger partial charge < -0.3 is 10.1 Å². The van der Waals surface area contributed by atoms with Gasteiger partial charge in [-0.3, -0.25) is 14.9 Å². The monoisotopic (exact) mass is 374 g/mol. The molecule has 0 aliphatic carbocycles. The summed E-state index contributed by atoms with van der Waals surface area (Å²) in [5, 5.41) is 13.4. The Labute approximate surface area is 147 Å². The van der Waals surface area contributed by atoms with Crippen LogP contribution in [0.3, 0.4) is 0 Å². The smallest absolute Gasteiger partial charge is 0.343 e. The highest BCUT2D eigenvalue weighted by Crippen LogP contribution is 2.32. The first-order chi connectivity index (χ1) is 12.2. The molecule has 0 amide bonds. The number of nitrogens with one attached hydrogen (secondary N) is 1. The first-order valence-corrected chi connectivity index (χ1v) is 7.59. The molecule has 1 rings (SSSR count). The van der Waals surface area contributed by atoms with Crippen LogP contribution in [0, 0.1) is 34.5 Å². The highest BCUT2D eigenvalue weighted by molar-refractivity contribution is 6.25. The van der Waals surface area contributed by atoms with E-state index >= 15 is 0 Å². The number of halogens is 3. The van der Waals surface area contributed by atoms with E-state index in [2.05, 4.69) is 5.32 Å². The van der Waals surface area contributed by atoms with Crippen LogP contribution in [-0.4, -0.2) is 30.3 Å². The second-order valence-corrected chi connectivity index (χ2v) is 5.21. The Morgan fingerprint density at radius 1 is 1.23 bits per heavy atom. The van der Waals surface area contributed by atoms with Gasteiger partial charge in [-0.1, -0.05) is 13.3 Å². The minimum absolute atomic E-state index is 0.0367. The third kappa shape index (κ3) is 4.19. The van der Waals surface area contributed by atoms with E-state index < -0.39 is 56.5 Å². The zero-order valence-corrected chi connectivity index (χ0v) is 14.3. The maximum absolute atomic E-state index is 14.4. The number of hydrogen-bond acceptors (Lipinski definition) is 6. The Bertz CT molecular complexity index is 778. The summed E-state index contributed by atoms with van der Waals surface area (Å²) < 4.78 is 46.7. The quantitative estimate of drug-likeness (QED) is 0.0865. The van der Waals surface area contributed by atoms with Crippen molar-refractivity contribution in [2.45, 2.75) is 26.7 Å². The van der Waals surface area contributed by atoms with Gasteiger partial charge in [0.25, 0.3) is 0 Å². The summed E-state index contributed by atoms with van der Waals surface area (Å²) in [4.78, 5) is 34.2. The van der Waals surface area contributed by atoms with Crippen LogP contribution in [0.5, 0.6) is 0 Å². The van der Waals surface area contributed by atoms with E-state index in [0.29, 0.717) is 12.8 Å². The number of rotatable bonds is 8. The second-order valence-electron chi connectivity index (χ2n) is 5.21. The van der Waals surface area contributed by atoms with Crippen LogP contribution in [0.15, 0.2) is 11.8 Å². The molecule has 1 N–H and O–H groups in total. The normalized spacial score (nSPS) is 11.2. The number of unbranched alkanes of at least 4 members (excludes halogenated alkanes) is 1. The van der Waals surface area contributed by atoms with Gasteiger partial charge in [0.05, 0.1) is 11.5 Å². The number of Topliss-reactive ketones (excluding diaryl/α,β-unsaturated/α-hetero) is 1. The van der Waals surface area contributed by atoms with Crippen molar-refractivity contribution >= 4 is 17.4 Å². The summed E-state index contributed by atoms with van der Waals surface area (Å²) in [5.74, 6) is -8.05. The van der Waals surface area contributed by atoms with E-state index in [0.717, 1.165) is 13.1 Å². The standard InChI is InChI=1S/C16H17F3N2O5/c1-4-5-6-26-16(23)9(7-20-3)15(22)10-11(17)8(2)12(18)13(19)14(10)21(24)25/h7,20H,4-6H2,1-3H3. The minimum Gasteiger partial charge on any atom is -0.462 e. The Kier molecular flexibility index (Phi) is 7.29. The fourth-order valence-corrected chi connectivity index (χ4v) is 2.03. The van der Waals surface area contributed by atoms with Crippen molar-refractivity contribution in [2.75, 3.05) is 13.7 Å². The number of esters is 1. The Morgan fingerprint density at radius 3 is 2.35 bits per heavy atom. The predicted octanol–water partition coefficient (Wildman–Crippen LogP) is 2.95. The molecule has 0 saturated carbocycles. The number of nitro groups is 1. The molecule has 0 heterocycles. The van der Waals surface area contributed by atoms with Gasteiger partial charge in [-0.05, 0) is 13.3 Å². The van der Waals surface area contributed by atoms with Crippen LogP contribution < -0.4 is 5.32 Å². The average molecular weight is 374 g/mol. The molecule has 142 valence electrons. The maximum atomic E-state index is 14.4. The molecular weight excluding hydrogens is 357 g/mol. The van der Waals surface area contributed by atoms with Crippen LogP contribution in [-0.2, 0) is 9.53 Å². The highest BCUT2D eigenvalue weighted by Gasteiger charge is 2.37. The zero-order valence-electron chi connectivity index (χ0n) is 14.3. The van der Waals surface area contributed by atoms with Gasteiger partial charge in [-0.2, -0.15) is 4.39 Å². The molecule has 26 heavy (non-hydrogen) atoms. The number of nitrogens with zero attached hydrogens (tertiary/aromatic N) is 1. The SMILES string of the molecule is CCCCOC(=O)C(=CNC)C(=O)c1c(F)c(C)c(F)c(F)c1[N+](=O)[O-]. The number of carbonyl (C=O) groups excluding carboxylic acids is 2. The number of benzene rings is 1. The molecule has 0 spiro atoms. The van der Waals surface area contributed by atoms with E-state index in [1.807, 2.05) is 6.92 Å². The third-order valence-electron chi connectivity index (χ3n) is 3.41. The number of carbonyl (C=O) groups is 2. The summed E-state index contributed by atoms with van der Waals surface area (Å²) in [5.41, 5.74) is -4.73. The van der Waals surface area contributed by atoms with E-state index in [1.54, 1.807) is 0 Å². The molecule has 0 atom stereocenters. The Morgan fingerprint density at radius 2 is 1.85 bits per heavy atom. The van der Waals surface area contributed by atoms with Crippen LogP contribution in [0.25, 0.3) is 0 Å². The van der Waals surface area contributed by atoms with Crippen LogP contribution in [0.2, 0.25) is 0 Å². The molecule has 0 saturated heterocycles. The first-order valence-electron chi connectivity index (χ1n) is 7.59. The Balaban J connectivity index is 3.52. The molecule has 0 aromatic heterocycles. The number of hydrogen-bond donors (Lipinski definition) is 1. The molecule has 0 fully saturated rings. The zero-order chi connectivity index (χ0) is 20.0. The van der Waals surface area contributed by atoms with Crippen molar-refractivity contribution in [1.82, 2.24) is 5.32 Å². The summed E-state index contributed by atoms with van der Waals surface area (Å²) in [6.45, 7) is 2.60. The molecule has 0 aliphatic heterocycles. The number of nitro benzene ring substituents is 1. The Hall–Kier alpha value is -2.91. The van der Waals surface area contributed by atoms with Crippen molar-refractivity contribution in [2.24, 2.45) is 0 Å². The third-order valence-corrected chi connectivity index (χ3v) is 3.41. The largest absolute Gasteiger partial charge is 0.462 e. The lowest BCUT2D eigenvalue weighted by molar-refractivity contribution is -0.388. The topological polar surface area (TPSA) is 98.5 Å². The van der Waals surface area contributed by atoms with Crippen LogP contribution in [0.4, 0.5) is 18.9 Å². The minimum atomic E-state index is -1.99. The molecule has 0 bridgehead atoms. The number of ether oxygens (including phenoxy) is 1. The second kappa shape index (κ2) is 8.97. The molecule has 0 unspecified atom stereocenters. The summed E-state index contributed by atoms with van der Waals surface area (Å²) in [7, 11) is 1.31. The first kappa shape index (κ1) is 21.1. The van der Waals surface area contributed by atoms with Gasteiger partial charge in [0.2, 0.25) is 11.6 Å². The molecule has 0 aliphatic rings. The van der Waals surface area contributed by atoms with Crippen molar-refractivity contribution in [3.8, 4) is 0 Å². The molecular formula is C16H17F3N2O5. The van der Waals surface area contributed by atoms with Crippen molar-refractivity contribution in [3.05, 3.63) is 50.5 Å². The number of ketones is 1. The van der Waals surface area contributed by atoms with Crippen molar-refractivity contribution in [3.63, 3.8) is 0 Å². The lowest BCUT2D eigenvalue weighted by atomic mass is 9.98. The van der Waals surface area contributed by atoms with Gasteiger partial charge >= 0.3 is 11.7 Å². The van der Waals surface area contributed by atoms with E-state index in [4.69, 9.17) is 4.74 Å². The van der Waals surface area contributed by atoms with Gasteiger partial charge in [0.15, 0.2) is 5.82 Å². The maximum Gasteiger partial charge on any atom is 0.343 e. The summed E-state index contributed by atoms with van der Waals surface area (Å²) in [6, 6.07) is 0. The molecule has 1 aromatic rings. The predicted molar refractivity (Wildman–Crippen MR) is 85.0 cm³/mol. The molecule has 1 aromatic carbocycles. The van der Waals surface area contributed by atoms with Crippen molar-refractivity contribution < 1.29 is 32.4 Å². The molecule has 10 heteroatoms. The van der Waals surface area contributed by atoms with Crippen LogP contribution >= 0.6 is 0 Å². The van der Waals surface area contributed by atoms with E-state index in [-0.39, 0.29) is 6.61 Å². The highest BCUT2D eigenvalue weighted by atomic mass is 19.2. The average Bonchev–Trinajstić information content (AvgIpc) is 2.59. The van der Waals surface area contributed by atoms with E-state index in [9.17, 15) is 32.9 Å². The van der Waals surface area contributed by atoms with Gasteiger partial charge in [0, 0.05) is 18.8 Å². The van der Waals surface area contributed by atoms with E-state index in [1.165, 1.54) is 7.05 Å². The summed E-state index contributed by atoms with van der Waals surface area (Å²) in [6.07, 6.45) is 2.02. The molecule has 7 nitrogen and oxygen atoms in total. The van der Waals surface area contributed by atoms with Gasteiger partial charge in [-0.15, -0.1) is 0 Å². The summed E-state index contributed by atoms with van der Waals surface area (Å²) >= 11 is 0. The fraction of sp³-hybridized carbons (Fsp3) is 0.375. The van der Waals surface area contributed by atoms with Gasteiger partial charge in [-0.25, -0.2) is 13.6 Å². The lowest BCUT2D eigenvalue weighted by Crippen LogP contribution is -2.22. The van der Waals surface area contributed by atoms with Gasteiger partial charge in [0.1, 0.15) is 17.0 Å². The fourth-order valence-electron chi connectivity index (χ4n) is 2.03.